The summed E-state index contributed by atoms with van der Waals surface area (Å²) in [7, 11) is 0. The summed E-state index contributed by atoms with van der Waals surface area (Å²) in [5.41, 5.74) is 0. The lowest BCUT2D eigenvalue weighted by Gasteiger charge is -2.39. The topological polar surface area (TPSA) is 29.0 Å². The highest BCUT2D eigenvalue weighted by atomic mass is 127. The van der Waals surface area contributed by atoms with Gasteiger partial charge in [-0.15, -0.1) is 0 Å². The summed E-state index contributed by atoms with van der Waals surface area (Å²) in [6.45, 7) is 5.74. The van der Waals surface area contributed by atoms with E-state index in [9.17, 15) is 0 Å². The average molecular weight is 317 g/mol. The van der Waals surface area contributed by atoms with Gasteiger partial charge < -0.3 is 4.90 Å². The van der Waals surface area contributed by atoms with Crippen LogP contribution >= 0.6 is 22.6 Å². The van der Waals surface area contributed by atoms with Crippen LogP contribution in [0.15, 0.2) is 12.5 Å². The minimum absolute atomic E-state index is 0.585. The predicted octanol–water partition coefficient (Wildman–Crippen LogP) is 2.71. The summed E-state index contributed by atoms with van der Waals surface area (Å²) in [6, 6.07) is 0.585. The molecule has 82 valence electrons. The highest BCUT2D eigenvalue weighted by Crippen LogP contribution is 2.29. The summed E-state index contributed by atoms with van der Waals surface area (Å²) in [5.74, 6) is 1.86. The van der Waals surface area contributed by atoms with E-state index in [1.54, 1.807) is 6.33 Å². The molecule has 2 heterocycles. The third-order valence-electron chi connectivity index (χ3n) is 3.29. The predicted molar refractivity (Wildman–Crippen MR) is 70.0 cm³/mol. The molecule has 0 bridgehead atoms. The van der Waals surface area contributed by atoms with E-state index < -0.39 is 0 Å². The van der Waals surface area contributed by atoms with Crippen LogP contribution in [0.2, 0.25) is 0 Å². The van der Waals surface area contributed by atoms with E-state index in [-0.39, 0.29) is 0 Å². The van der Waals surface area contributed by atoms with Crippen LogP contribution in [-0.2, 0) is 0 Å². The van der Waals surface area contributed by atoms with Gasteiger partial charge in [0.05, 0.1) is 3.57 Å². The van der Waals surface area contributed by atoms with Gasteiger partial charge in [-0.25, -0.2) is 9.97 Å². The molecule has 0 radical (unpaired) electrons. The second-order valence-corrected chi connectivity index (χ2v) is 5.41. The first-order chi connectivity index (χ1) is 7.20. The lowest BCUT2D eigenvalue weighted by molar-refractivity contribution is 0.361. The lowest BCUT2D eigenvalue weighted by atomic mass is 9.92. The van der Waals surface area contributed by atoms with Gasteiger partial charge in [0.15, 0.2) is 0 Å². The van der Waals surface area contributed by atoms with E-state index in [0.29, 0.717) is 6.04 Å². The first kappa shape index (κ1) is 11.1. The molecule has 4 heteroatoms. The molecule has 2 atom stereocenters. The standard InChI is InChI=1S/C11H16IN3/c1-8-4-3-5-15(9(8)2)11-10(12)6-13-7-14-11/h6-9H,3-5H2,1-2H3. The normalized spacial score (nSPS) is 26.7. The molecule has 15 heavy (non-hydrogen) atoms. The van der Waals surface area contributed by atoms with Crippen molar-refractivity contribution < 1.29 is 0 Å². The van der Waals surface area contributed by atoms with Gasteiger partial charge in [-0.3, -0.25) is 0 Å². The molecular weight excluding hydrogens is 301 g/mol. The van der Waals surface area contributed by atoms with Crippen molar-refractivity contribution in [1.82, 2.24) is 9.97 Å². The Bertz CT molecular complexity index is 342. The fourth-order valence-corrected chi connectivity index (χ4v) is 2.76. The molecule has 0 aliphatic carbocycles. The zero-order valence-electron chi connectivity index (χ0n) is 9.15. The van der Waals surface area contributed by atoms with Crippen molar-refractivity contribution in [3.63, 3.8) is 0 Å². The van der Waals surface area contributed by atoms with Gasteiger partial charge in [-0.2, -0.15) is 0 Å². The number of rotatable bonds is 1. The van der Waals surface area contributed by atoms with E-state index in [1.807, 2.05) is 6.20 Å². The average Bonchev–Trinajstić information content (AvgIpc) is 2.23. The quantitative estimate of drug-likeness (QED) is 0.746. The molecule has 0 saturated carbocycles. The zero-order valence-corrected chi connectivity index (χ0v) is 11.3. The highest BCUT2D eigenvalue weighted by molar-refractivity contribution is 14.1. The fourth-order valence-electron chi connectivity index (χ4n) is 2.15. The Morgan fingerprint density at radius 3 is 3.00 bits per heavy atom. The third kappa shape index (κ3) is 2.24. The highest BCUT2D eigenvalue weighted by Gasteiger charge is 2.26. The Morgan fingerprint density at radius 2 is 2.27 bits per heavy atom. The molecular formula is C11H16IN3. The van der Waals surface area contributed by atoms with Gasteiger partial charge in [-0.05, 0) is 48.3 Å². The van der Waals surface area contributed by atoms with Crippen molar-refractivity contribution >= 4 is 28.4 Å². The number of piperidine rings is 1. The Morgan fingerprint density at radius 1 is 1.47 bits per heavy atom. The largest absolute Gasteiger partial charge is 0.353 e. The molecule has 1 aromatic rings. The molecule has 0 spiro atoms. The first-order valence-electron chi connectivity index (χ1n) is 5.42. The Hall–Kier alpha value is -0.390. The van der Waals surface area contributed by atoms with Crippen molar-refractivity contribution in [3.05, 3.63) is 16.1 Å². The van der Waals surface area contributed by atoms with Crippen molar-refractivity contribution in [2.24, 2.45) is 5.92 Å². The van der Waals surface area contributed by atoms with E-state index in [4.69, 9.17) is 0 Å². The van der Waals surface area contributed by atoms with Crippen LogP contribution in [-0.4, -0.2) is 22.6 Å². The van der Waals surface area contributed by atoms with Crippen molar-refractivity contribution in [1.29, 1.82) is 0 Å². The maximum absolute atomic E-state index is 4.39. The third-order valence-corrected chi connectivity index (χ3v) is 4.05. The molecule has 1 saturated heterocycles. The number of halogens is 1. The molecule has 0 N–H and O–H groups in total. The van der Waals surface area contributed by atoms with Gasteiger partial charge >= 0.3 is 0 Å². The summed E-state index contributed by atoms with van der Waals surface area (Å²) in [5, 5.41) is 0. The van der Waals surface area contributed by atoms with Crippen molar-refractivity contribution in [2.45, 2.75) is 32.7 Å². The first-order valence-corrected chi connectivity index (χ1v) is 6.50. The molecule has 2 unspecified atom stereocenters. The zero-order chi connectivity index (χ0) is 10.8. The number of hydrogen-bond donors (Lipinski definition) is 0. The maximum atomic E-state index is 4.39. The summed E-state index contributed by atoms with van der Waals surface area (Å²) in [4.78, 5) is 10.8. The molecule has 0 aromatic carbocycles. The fraction of sp³-hybridized carbons (Fsp3) is 0.636. The minimum atomic E-state index is 0.585. The van der Waals surface area contributed by atoms with E-state index >= 15 is 0 Å². The molecule has 0 amide bonds. The number of hydrogen-bond acceptors (Lipinski definition) is 3. The van der Waals surface area contributed by atoms with E-state index in [2.05, 4.69) is 51.3 Å². The van der Waals surface area contributed by atoms with Gasteiger partial charge in [-0.1, -0.05) is 6.92 Å². The summed E-state index contributed by atoms with van der Waals surface area (Å²) >= 11 is 2.31. The molecule has 3 nitrogen and oxygen atoms in total. The van der Waals surface area contributed by atoms with Crippen molar-refractivity contribution in [2.75, 3.05) is 11.4 Å². The van der Waals surface area contributed by atoms with Crippen LogP contribution in [0, 0.1) is 9.49 Å². The van der Waals surface area contributed by atoms with E-state index in [0.717, 1.165) is 21.9 Å². The van der Waals surface area contributed by atoms with E-state index in [1.165, 1.54) is 12.8 Å². The van der Waals surface area contributed by atoms with Crippen LogP contribution in [0.5, 0.6) is 0 Å². The minimum Gasteiger partial charge on any atom is -0.353 e. The molecule has 1 aromatic heterocycles. The van der Waals surface area contributed by atoms with Crippen molar-refractivity contribution in [3.8, 4) is 0 Å². The second-order valence-electron chi connectivity index (χ2n) is 4.25. The van der Waals surface area contributed by atoms with Crippen LogP contribution < -0.4 is 4.90 Å². The summed E-state index contributed by atoms with van der Waals surface area (Å²) in [6.07, 6.45) is 6.13. The second kappa shape index (κ2) is 4.63. The SMILES string of the molecule is CC1CCCN(c2ncncc2I)C1C. The number of nitrogens with zero attached hydrogens (tertiary/aromatic N) is 3. The van der Waals surface area contributed by atoms with Gasteiger partial charge in [0.2, 0.25) is 0 Å². The van der Waals surface area contributed by atoms with Crippen LogP contribution in [0.4, 0.5) is 5.82 Å². The van der Waals surface area contributed by atoms with Crippen LogP contribution in [0.1, 0.15) is 26.7 Å². The molecule has 2 rings (SSSR count). The smallest absolute Gasteiger partial charge is 0.145 e. The van der Waals surface area contributed by atoms with Crippen LogP contribution in [0.25, 0.3) is 0 Å². The summed E-state index contributed by atoms with van der Waals surface area (Å²) < 4.78 is 1.15. The Kier molecular flexibility index (Phi) is 3.43. The van der Waals surface area contributed by atoms with Gasteiger partial charge in [0.1, 0.15) is 12.1 Å². The number of aromatic nitrogens is 2. The molecule has 1 aliphatic heterocycles. The molecule has 1 fully saturated rings. The van der Waals surface area contributed by atoms with Gasteiger partial charge in [0.25, 0.3) is 0 Å². The maximum Gasteiger partial charge on any atom is 0.145 e. The molecule has 1 aliphatic rings. The number of anilines is 1. The van der Waals surface area contributed by atoms with Crippen LogP contribution in [0.3, 0.4) is 0 Å². The van der Waals surface area contributed by atoms with Gasteiger partial charge in [0, 0.05) is 18.8 Å². The Balaban J connectivity index is 2.26. The Labute approximate surface area is 104 Å². The monoisotopic (exact) mass is 317 g/mol. The lowest BCUT2D eigenvalue weighted by Crippen LogP contribution is -2.43.